The molecule has 1 heterocycles. The Labute approximate surface area is 88.1 Å². The number of rotatable bonds is 1. The molecule has 0 spiro atoms. The molecule has 0 aliphatic carbocycles. The van der Waals surface area contributed by atoms with Crippen LogP contribution in [0, 0.1) is 12.7 Å². The van der Waals surface area contributed by atoms with Crippen LogP contribution in [0.4, 0.5) is 4.39 Å². The molecule has 1 aromatic carbocycles. The Bertz CT molecular complexity index is 470. The molecule has 0 aliphatic heterocycles. The lowest BCUT2D eigenvalue weighted by molar-refractivity contribution is 0.426. The van der Waals surface area contributed by atoms with E-state index in [9.17, 15) is 4.39 Å². The maximum atomic E-state index is 12.8. The van der Waals surface area contributed by atoms with Gasteiger partial charge in [-0.25, -0.2) is 4.39 Å². The Morgan fingerprint density at radius 3 is 2.79 bits per heavy atom. The van der Waals surface area contributed by atoms with Crippen LogP contribution in [0.25, 0.3) is 11.5 Å². The van der Waals surface area contributed by atoms with E-state index in [-0.39, 0.29) is 5.82 Å². The second kappa shape index (κ2) is 3.49. The van der Waals surface area contributed by atoms with Gasteiger partial charge in [-0.3, -0.25) is 0 Å². The van der Waals surface area contributed by atoms with E-state index in [4.69, 9.17) is 4.52 Å². The van der Waals surface area contributed by atoms with Crippen molar-refractivity contribution in [3.63, 3.8) is 0 Å². The lowest BCUT2D eigenvalue weighted by Gasteiger charge is -1.99. The summed E-state index contributed by atoms with van der Waals surface area (Å²) in [4.78, 5) is 3.99. The first-order valence-electron chi connectivity index (χ1n) is 3.92. The van der Waals surface area contributed by atoms with Crippen molar-refractivity contribution in [2.45, 2.75) is 6.92 Å². The Morgan fingerprint density at radius 1 is 1.43 bits per heavy atom. The number of hydrogen-bond acceptors (Lipinski definition) is 3. The first kappa shape index (κ1) is 9.33. The van der Waals surface area contributed by atoms with Crippen molar-refractivity contribution < 1.29 is 8.91 Å². The Hall–Kier alpha value is -1.23. The summed E-state index contributed by atoms with van der Waals surface area (Å²) < 4.78 is 18.1. The molecular formula is C9H6BrFN2O. The second-order valence-corrected chi connectivity index (χ2v) is 3.54. The standard InChI is InChI=1S/C9H6BrFN2O/c1-5-4-6(11)2-3-7(5)8-12-9(10)13-14-8/h2-4H,1H3. The van der Waals surface area contributed by atoms with Gasteiger partial charge in [0, 0.05) is 5.56 Å². The fourth-order valence-electron chi connectivity index (χ4n) is 1.18. The maximum Gasteiger partial charge on any atom is 0.258 e. The third kappa shape index (κ3) is 1.68. The minimum absolute atomic E-state index is 0.273. The van der Waals surface area contributed by atoms with Crippen LogP contribution >= 0.6 is 15.9 Å². The molecule has 0 unspecified atom stereocenters. The fourth-order valence-corrected chi connectivity index (χ4v) is 1.42. The van der Waals surface area contributed by atoms with Crippen LogP contribution in [-0.2, 0) is 0 Å². The van der Waals surface area contributed by atoms with Gasteiger partial charge in [0.05, 0.1) is 0 Å². The van der Waals surface area contributed by atoms with E-state index in [1.54, 1.807) is 13.0 Å². The predicted molar refractivity (Wildman–Crippen MR) is 52.1 cm³/mol. The third-order valence-corrected chi connectivity index (χ3v) is 2.14. The summed E-state index contributed by atoms with van der Waals surface area (Å²) in [5.41, 5.74) is 1.51. The Balaban J connectivity index is 2.52. The zero-order valence-electron chi connectivity index (χ0n) is 7.29. The highest BCUT2D eigenvalue weighted by molar-refractivity contribution is 9.10. The summed E-state index contributed by atoms with van der Waals surface area (Å²) in [6, 6.07) is 4.40. The van der Waals surface area contributed by atoms with Gasteiger partial charge in [0.2, 0.25) is 4.73 Å². The van der Waals surface area contributed by atoms with Crippen LogP contribution < -0.4 is 0 Å². The molecule has 0 fully saturated rings. The number of nitrogens with zero attached hydrogens (tertiary/aromatic N) is 2. The number of halogens is 2. The molecule has 0 atom stereocenters. The van der Waals surface area contributed by atoms with Crippen LogP contribution in [0.2, 0.25) is 0 Å². The van der Waals surface area contributed by atoms with E-state index in [2.05, 4.69) is 26.1 Å². The molecule has 0 N–H and O–H groups in total. The van der Waals surface area contributed by atoms with Gasteiger partial charge in [0.25, 0.3) is 5.89 Å². The Kier molecular flexibility index (Phi) is 2.33. The summed E-state index contributed by atoms with van der Waals surface area (Å²) in [6.07, 6.45) is 0. The SMILES string of the molecule is Cc1cc(F)ccc1-c1nc(Br)no1. The quantitative estimate of drug-likeness (QED) is 0.788. The molecule has 14 heavy (non-hydrogen) atoms. The van der Waals surface area contributed by atoms with Crippen molar-refractivity contribution in [3.8, 4) is 11.5 Å². The smallest absolute Gasteiger partial charge is 0.258 e. The van der Waals surface area contributed by atoms with E-state index < -0.39 is 0 Å². The van der Waals surface area contributed by atoms with Crippen LogP contribution in [-0.4, -0.2) is 10.1 Å². The third-order valence-electron chi connectivity index (χ3n) is 1.82. The number of aryl methyl sites for hydroxylation is 1. The van der Waals surface area contributed by atoms with Gasteiger partial charge in [-0.2, -0.15) is 4.98 Å². The molecule has 0 aliphatic rings. The van der Waals surface area contributed by atoms with E-state index in [0.29, 0.717) is 10.6 Å². The average molecular weight is 257 g/mol. The number of aromatic nitrogens is 2. The topological polar surface area (TPSA) is 38.9 Å². The monoisotopic (exact) mass is 256 g/mol. The van der Waals surface area contributed by atoms with Crippen LogP contribution in [0.15, 0.2) is 27.5 Å². The molecule has 1 aromatic heterocycles. The summed E-state index contributed by atoms with van der Waals surface area (Å²) in [5.74, 6) is 0.110. The van der Waals surface area contributed by atoms with Crippen LogP contribution in [0.3, 0.4) is 0 Å². The second-order valence-electron chi connectivity index (χ2n) is 2.83. The molecule has 0 saturated heterocycles. The van der Waals surface area contributed by atoms with Crippen molar-refractivity contribution in [1.29, 1.82) is 0 Å². The normalized spacial score (nSPS) is 10.5. The average Bonchev–Trinajstić information content (AvgIpc) is 2.51. The molecule has 0 radical (unpaired) electrons. The number of benzene rings is 1. The minimum Gasteiger partial charge on any atom is -0.333 e. The van der Waals surface area contributed by atoms with Crippen LogP contribution in [0.5, 0.6) is 0 Å². The lowest BCUT2D eigenvalue weighted by Crippen LogP contribution is -1.84. The molecule has 72 valence electrons. The molecule has 2 aromatic rings. The van der Waals surface area contributed by atoms with Crippen molar-refractivity contribution >= 4 is 15.9 Å². The predicted octanol–water partition coefficient (Wildman–Crippen LogP) is 2.95. The van der Waals surface area contributed by atoms with E-state index in [1.165, 1.54) is 12.1 Å². The van der Waals surface area contributed by atoms with Gasteiger partial charge >= 0.3 is 0 Å². The van der Waals surface area contributed by atoms with Crippen LogP contribution in [0.1, 0.15) is 5.56 Å². The zero-order chi connectivity index (χ0) is 10.1. The summed E-state index contributed by atoms with van der Waals surface area (Å²) in [5, 5.41) is 3.59. The van der Waals surface area contributed by atoms with Crippen molar-refractivity contribution in [3.05, 3.63) is 34.3 Å². The molecule has 5 heteroatoms. The minimum atomic E-state index is -0.273. The summed E-state index contributed by atoms with van der Waals surface area (Å²) >= 11 is 3.08. The molecule has 3 nitrogen and oxygen atoms in total. The maximum absolute atomic E-state index is 12.8. The van der Waals surface area contributed by atoms with Gasteiger partial charge in [0.15, 0.2) is 0 Å². The highest BCUT2D eigenvalue weighted by Crippen LogP contribution is 2.23. The zero-order valence-corrected chi connectivity index (χ0v) is 8.88. The Morgan fingerprint density at radius 2 is 2.21 bits per heavy atom. The first-order valence-corrected chi connectivity index (χ1v) is 4.72. The number of hydrogen-bond donors (Lipinski definition) is 0. The first-order chi connectivity index (χ1) is 6.66. The molecule has 0 bridgehead atoms. The van der Waals surface area contributed by atoms with E-state index in [1.807, 2.05) is 0 Å². The van der Waals surface area contributed by atoms with Crippen molar-refractivity contribution in [2.24, 2.45) is 0 Å². The summed E-state index contributed by atoms with van der Waals surface area (Å²) in [7, 11) is 0. The van der Waals surface area contributed by atoms with Crippen molar-refractivity contribution in [2.75, 3.05) is 0 Å². The molecule has 0 saturated carbocycles. The highest BCUT2D eigenvalue weighted by Gasteiger charge is 2.09. The van der Waals surface area contributed by atoms with Gasteiger partial charge in [-0.05, 0) is 51.8 Å². The summed E-state index contributed by atoms with van der Waals surface area (Å²) in [6.45, 7) is 1.79. The fraction of sp³-hybridized carbons (Fsp3) is 0.111. The van der Waals surface area contributed by atoms with E-state index >= 15 is 0 Å². The van der Waals surface area contributed by atoms with Gasteiger partial charge in [0.1, 0.15) is 5.82 Å². The molecular weight excluding hydrogens is 251 g/mol. The largest absolute Gasteiger partial charge is 0.333 e. The molecule has 2 rings (SSSR count). The molecule has 0 amide bonds. The highest BCUT2D eigenvalue weighted by atomic mass is 79.9. The van der Waals surface area contributed by atoms with Gasteiger partial charge < -0.3 is 4.52 Å². The van der Waals surface area contributed by atoms with E-state index in [0.717, 1.165) is 11.1 Å². The van der Waals surface area contributed by atoms with Gasteiger partial charge in [-0.1, -0.05) is 0 Å². The van der Waals surface area contributed by atoms with Gasteiger partial charge in [-0.15, -0.1) is 0 Å². The lowest BCUT2D eigenvalue weighted by atomic mass is 10.1. The van der Waals surface area contributed by atoms with Crippen molar-refractivity contribution in [1.82, 2.24) is 10.1 Å².